The fourth-order valence-corrected chi connectivity index (χ4v) is 5.60. The molecule has 1 atom stereocenters. The number of pyridine rings is 1. The van der Waals surface area contributed by atoms with Gasteiger partial charge in [0.05, 0.1) is 19.1 Å². The summed E-state index contributed by atoms with van der Waals surface area (Å²) in [6, 6.07) is 8.98. The van der Waals surface area contributed by atoms with Crippen molar-refractivity contribution in [1.82, 2.24) is 29.3 Å². The van der Waals surface area contributed by atoms with Gasteiger partial charge >= 0.3 is 6.18 Å². The second-order valence-corrected chi connectivity index (χ2v) is 10.9. The summed E-state index contributed by atoms with van der Waals surface area (Å²) in [5.41, 5.74) is 3.52. The Hall–Kier alpha value is -3.60. The van der Waals surface area contributed by atoms with Crippen LogP contribution in [0.2, 0.25) is 5.02 Å². The van der Waals surface area contributed by atoms with Gasteiger partial charge in [-0.1, -0.05) is 17.7 Å². The number of aromatic nitrogens is 6. The minimum atomic E-state index is -4.29. The van der Waals surface area contributed by atoms with Gasteiger partial charge < -0.3 is 14.2 Å². The Balaban J connectivity index is 1.29. The molecule has 2 aliphatic rings. The van der Waals surface area contributed by atoms with E-state index in [1.54, 1.807) is 25.6 Å². The van der Waals surface area contributed by atoms with Crippen molar-refractivity contribution in [2.24, 2.45) is 5.92 Å². The Bertz CT molecular complexity index is 1530. The molecule has 0 N–H and O–H groups in total. The lowest BCUT2D eigenvalue weighted by molar-refractivity contribution is -0.119. The average Bonchev–Trinajstić information content (AvgIpc) is 3.45. The van der Waals surface area contributed by atoms with Crippen molar-refractivity contribution in [3.8, 4) is 23.1 Å². The van der Waals surface area contributed by atoms with Crippen LogP contribution in [0.25, 0.3) is 17.2 Å². The zero-order valence-corrected chi connectivity index (χ0v) is 23.0. The summed E-state index contributed by atoms with van der Waals surface area (Å²) in [4.78, 5) is 15.2. The summed E-state index contributed by atoms with van der Waals surface area (Å²) in [7, 11) is 1.56. The first-order chi connectivity index (χ1) is 19.2. The monoisotopic (exact) mass is 571 g/mol. The first-order valence-electron chi connectivity index (χ1n) is 13.3. The molecule has 6 rings (SSSR count). The van der Waals surface area contributed by atoms with Crippen molar-refractivity contribution in [3.63, 3.8) is 0 Å². The fraction of sp³-hybridized carbons (Fsp3) is 0.429. The normalized spacial score (nSPS) is 17.1. The molecule has 1 aliphatic heterocycles. The second-order valence-electron chi connectivity index (χ2n) is 10.5. The van der Waals surface area contributed by atoms with Gasteiger partial charge in [-0.2, -0.15) is 13.2 Å². The highest BCUT2D eigenvalue weighted by Crippen LogP contribution is 2.40. The van der Waals surface area contributed by atoms with Crippen molar-refractivity contribution in [2.45, 2.75) is 51.2 Å². The lowest BCUT2D eigenvalue weighted by Crippen LogP contribution is -2.35. The van der Waals surface area contributed by atoms with Crippen LogP contribution in [0.3, 0.4) is 0 Å². The number of ether oxygens (including phenoxy) is 1. The summed E-state index contributed by atoms with van der Waals surface area (Å²) in [6.07, 6.45) is 2.91. The van der Waals surface area contributed by atoms with Crippen molar-refractivity contribution in [1.29, 1.82) is 0 Å². The molecule has 3 aromatic heterocycles. The van der Waals surface area contributed by atoms with Gasteiger partial charge in [0.2, 0.25) is 5.88 Å². The number of aryl methyl sites for hydroxylation is 2. The number of fused-ring (bicyclic) bond motifs is 1. The minimum Gasteiger partial charge on any atom is -0.479 e. The first-order valence-corrected chi connectivity index (χ1v) is 13.7. The number of nitrogens with zero attached hydrogens (tertiary/aromatic N) is 7. The molecule has 0 radical (unpaired) electrons. The number of halogens is 4. The Morgan fingerprint density at radius 2 is 1.95 bits per heavy atom. The number of methoxy groups -OCH3 is 1. The van der Waals surface area contributed by atoms with Crippen molar-refractivity contribution in [2.75, 3.05) is 25.1 Å². The van der Waals surface area contributed by atoms with E-state index in [2.05, 4.69) is 9.97 Å². The second kappa shape index (κ2) is 10.4. The maximum Gasteiger partial charge on any atom is 0.405 e. The predicted molar refractivity (Wildman–Crippen MR) is 145 cm³/mol. The van der Waals surface area contributed by atoms with Gasteiger partial charge in [-0.05, 0) is 68.4 Å². The first kappa shape index (κ1) is 26.6. The number of benzene rings is 1. The van der Waals surface area contributed by atoms with Crippen LogP contribution < -0.4 is 9.64 Å². The molecule has 0 unspecified atom stereocenters. The summed E-state index contributed by atoms with van der Waals surface area (Å²) in [5, 5.41) is 5.16. The molecule has 210 valence electrons. The topological polar surface area (TPSA) is 73.9 Å². The number of alkyl halides is 3. The number of imidazole rings is 1. The Morgan fingerprint density at radius 3 is 2.62 bits per heavy atom. The zero-order valence-electron chi connectivity index (χ0n) is 22.2. The molecule has 0 saturated heterocycles. The molecule has 8 nitrogen and oxygen atoms in total. The molecule has 1 aliphatic carbocycles. The van der Waals surface area contributed by atoms with Crippen LogP contribution in [0.15, 0.2) is 42.9 Å². The van der Waals surface area contributed by atoms with Gasteiger partial charge in [-0.15, -0.1) is 5.10 Å². The van der Waals surface area contributed by atoms with E-state index in [-0.39, 0.29) is 5.92 Å². The van der Waals surface area contributed by atoms with Crippen LogP contribution in [-0.2, 0) is 6.54 Å². The van der Waals surface area contributed by atoms with Crippen LogP contribution in [-0.4, -0.2) is 55.7 Å². The standard InChI is InChI=1S/C28H29ClF3N7O/c1-17-13-38(16-33-17)24-10-9-23(34-27(24)40-2)25-35-26-21(4-3-11-39(26)36-25)20-8-7-19(12-22(20)29)37(14-18-5-6-18)15-28(30,31)32/h7-10,12-13,16,18,21H,3-6,11,14-15H2,1-2H3/t21-/m0/s1. The molecule has 1 fully saturated rings. The Labute approximate surface area is 234 Å². The third-order valence-electron chi connectivity index (χ3n) is 7.40. The maximum absolute atomic E-state index is 13.3. The molecule has 12 heteroatoms. The third-order valence-corrected chi connectivity index (χ3v) is 7.72. The van der Waals surface area contributed by atoms with Gasteiger partial charge in [-0.3, -0.25) is 0 Å². The summed E-state index contributed by atoms with van der Waals surface area (Å²) in [6.45, 7) is 2.01. The fourth-order valence-electron chi connectivity index (χ4n) is 5.30. The van der Waals surface area contributed by atoms with E-state index in [0.29, 0.717) is 47.1 Å². The molecule has 0 bridgehead atoms. The zero-order chi connectivity index (χ0) is 28.0. The van der Waals surface area contributed by atoms with Gasteiger partial charge in [0, 0.05) is 35.9 Å². The summed E-state index contributed by atoms with van der Waals surface area (Å²) in [5.74, 6) is 1.83. The molecule has 1 saturated carbocycles. The van der Waals surface area contributed by atoms with Crippen molar-refractivity contribution < 1.29 is 17.9 Å². The minimum absolute atomic E-state index is 0.133. The van der Waals surface area contributed by atoms with Crippen LogP contribution in [0.1, 0.15) is 48.7 Å². The van der Waals surface area contributed by atoms with E-state index < -0.39 is 12.7 Å². The molecule has 40 heavy (non-hydrogen) atoms. The molecule has 4 aromatic rings. The smallest absolute Gasteiger partial charge is 0.405 e. The number of anilines is 1. The van der Waals surface area contributed by atoms with Crippen molar-refractivity contribution in [3.05, 3.63) is 65.0 Å². The lowest BCUT2D eigenvalue weighted by atomic mass is 9.91. The third kappa shape index (κ3) is 5.52. The average molecular weight is 572 g/mol. The SMILES string of the molecule is COc1nc(-c2nc3n(n2)CCC[C@H]3c2ccc(N(CC3CC3)CC(F)(F)F)cc2Cl)ccc1-n1cnc(C)c1. The van der Waals surface area contributed by atoms with Gasteiger partial charge in [0.1, 0.15) is 23.8 Å². The van der Waals surface area contributed by atoms with E-state index in [1.807, 2.05) is 40.6 Å². The highest BCUT2D eigenvalue weighted by atomic mass is 35.5. The quantitative estimate of drug-likeness (QED) is 0.251. The largest absolute Gasteiger partial charge is 0.479 e. The number of rotatable bonds is 8. The van der Waals surface area contributed by atoms with Gasteiger partial charge in [0.15, 0.2) is 5.82 Å². The molecule has 0 spiro atoms. The van der Waals surface area contributed by atoms with Crippen LogP contribution in [0, 0.1) is 12.8 Å². The molecule has 1 aromatic carbocycles. The highest BCUT2D eigenvalue weighted by Gasteiger charge is 2.35. The number of hydrogen-bond acceptors (Lipinski definition) is 6. The van der Waals surface area contributed by atoms with E-state index in [1.165, 1.54) is 4.90 Å². The molecule has 0 amide bonds. The Kier molecular flexibility index (Phi) is 6.93. The maximum atomic E-state index is 13.3. The van der Waals surface area contributed by atoms with E-state index in [4.69, 9.17) is 26.4 Å². The molecular formula is C28H29ClF3N7O. The predicted octanol–water partition coefficient (Wildman–Crippen LogP) is 6.20. The van der Waals surface area contributed by atoms with Gasteiger partial charge in [-0.25, -0.2) is 19.6 Å². The number of hydrogen-bond donors (Lipinski definition) is 0. The van der Waals surface area contributed by atoms with E-state index in [0.717, 1.165) is 48.5 Å². The summed E-state index contributed by atoms with van der Waals surface area (Å²) >= 11 is 6.74. The van der Waals surface area contributed by atoms with Gasteiger partial charge in [0.25, 0.3) is 0 Å². The van der Waals surface area contributed by atoms with Crippen LogP contribution in [0.4, 0.5) is 18.9 Å². The van der Waals surface area contributed by atoms with Crippen LogP contribution in [0.5, 0.6) is 5.88 Å². The Morgan fingerprint density at radius 1 is 1.12 bits per heavy atom. The van der Waals surface area contributed by atoms with Crippen molar-refractivity contribution >= 4 is 17.3 Å². The van der Waals surface area contributed by atoms with Crippen LogP contribution >= 0.6 is 11.6 Å². The molecular weight excluding hydrogens is 543 g/mol. The summed E-state index contributed by atoms with van der Waals surface area (Å²) < 4.78 is 49.1. The van der Waals surface area contributed by atoms with E-state index in [9.17, 15) is 13.2 Å². The lowest BCUT2D eigenvalue weighted by Gasteiger charge is -2.28. The molecule has 4 heterocycles. The highest BCUT2D eigenvalue weighted by molar-refractivity contribution is 6.31. The van der Waals surface area contributed by atoms with E-state index >= 15 is 0 Å².